The van der Waals surface area contributed by atoms with Gasteiger partial charge < -0.3 is 16.2 Å². The number of amides is 1. The first-order chi connectivity index (χ1) is 7.38. The zero-order valence-electron chi connectivity index (χ0n) is 9.56. The molecule has 2 atom stereocenters. The third-order valence-electron chi connectivity index (χ3n) is 2.23. The lowest BCUT2D eigenvalue weighted by molar-refractivity contribution is -0.141. The molecule has 0 saturated heterocycles. The Kier molecular flexibility index (Phi) is 6.19. The average molecular weight is 226 g/mol. The second kappa shape index (κ2) is 6.85. The Labute approximate surface area is 95.4 Å². The van der Waals surface area contributed by atoms with E-state index in [1.165, 1.54) is 0 Å². The van der Waals surface area contributed by atoms with E-state index in [2.05, 4.69) is 11.2 Å². The van der Waals surface area contributed by atoms with Gasteiger partial charge in [-0.1, -0.05) is 13.8 Å². The summed E-state index contributed by atoms with van der Waals surface area (Å²) in [6.45, 7) is 3.79. The van der Waals surface area contributed by atoms with Crippen LogP contribution < -0.4 is 11.1 Å². The fourth-order valence-corrected chi connectivity index (χ4v) is 1.02. The number of nitrogens with two attached hydrogens (primary N) is 1. The zero-order chi connectivity index (χ0) is 12.7. The molecule has 4 N–H and O–H groups in total. The van der Waals surface area contributed by atoms with Gasteiger partial charge in [0.05, 0.1) is 0 Å². The first kappa shape index (κ1) is 14.5. The number of carboxylic acids is 1. The summed E-state index contributed by atoms with van der Waals surface area (Å²) in [5.41, 5.74) is 5.69. The second-order valence-corrected chi connectivity index (χ2v) is 3.98. The van der Waals surface area contributed by atoms with Gasteiger partial charge in [0.1, 0.15) is 6.04 Å². The minimum Gasteiger partial charge on any atom is -0.480 e. The topological polar surface area (TPSA) is 92.4 Å². The zero-order valence-corrected chi connectivity index (χ0v) is 9.56. The lowest BCUT2D eigenvalue weighted by atomic mass is 10.0. The van der Waals surface area contributed by atoms with Gasteiger partial charge in [-0.2, -0.15) is 0 Å². The molecule has 2 unspecified atom stereocenters. The van der Waals surface area contributed by atoms with Gasteiger partial charge in [0.15, 0.2) is 0 Å². The first-order valence-corrected chi connectivity index (χ1v) is 5.09. The van der Waals surface area contributed by atoms with Gasteiger partial charge in [-0.05, 0) is 5.92 Å². The van der Waals surface area contributed by atoms with E-state index in [1.807, 2.05) is 13.8 Å². The molecule has 0 rings (SSSR count). The normalized spacial score (nSPS) is 13.9. The maximum absolute atomic E-state index is 11.4. The fraction of sp³-hybridized carbons (Fsp3) is 0.636. The number of hydrogen-bond donors (Lipinski definition) is 3. The van der Waals surface area contributed by atoms with Crippen molar-refractivity contribution in [2.45, 2.75) is 38.8 Å². The van der Waals surface area contributed by atoms with Crippen molar-refractivity contribution in [3.8, 4) is 12.3 Å². The molecular formula is C11H18N2O3. The first-order valence-electron chi connectivity index (χ1n) is 5.09. The molecule has 90 valence electrons. The molecule has 1 amide bonds. The van der Waals surface area contributed by atoms with E-state index in [0.29, 0.717) is 0 Å². The molecule has 5 heteroatoms. The van der Waals surface area contributed by atoms with Crippen molar-refractivity contribution in [1.82, 2.24) is 5.32 Å². The van der Waals surface area contributed by atoms with Gasteiger partial charge in [0, 0.05) is 18.9 Å². The van der Waals surface area contributed by atoms with E-state index >= 15 is 0 Å². The lowest BCUT2D eigenvalue weighted by Gasteiger charge is -2.17. The number of carboxylic acid groups (broad SMARTS) is 1. The average Bonchev–Trinajstić information content (AvgIpc) is 2.16. The van der Waals surface area contributed by atoms with E-state index in [1.54, 1.807) is 0 Å². The summed E-state index contributed by atoms with van der Waals surface area (Å²) in [5, 5.41) is 11.1. The molecular weight excluding hydrogens is 208 g/mol. The van der Waals surface area contributed by atoms with Crippen LogP contribution in [0.4, 0.5) is 0 Å². The summed E-state index contributed by atoms with van der Waals surface area (Å²) in [4.78, 5) is 22.1. The predicted octanol–water partition coefficient (Wildman–Crippen LogP) is -0.0475. The van der Waals surface area contributed by atoms with E-state index in [4.69, 9.17) is 17.3 Å². The summed E-state index contributed by atoms with van der Waals surface area (Å²) in [6, 6.07) is -1.31. The minimum absolute atomic E-state index is 0.0298. The van der Waals surface area contributed by atoms with Crippen LogP contribution in [0.5, 0.6) is 0 Å². The summed E-state index contributed by atoms with van der Waals surface area (Å²) < 4.78 is 0. The number of aliphatic carboxylic acids is 1. The van der Waals surface area contributed by atoms with Gasteiger partial charge in [-0.15, -0.1) is 12.3 Å². The van der Waals surface area contributed by atoms with Crippen molar-refractivity contribution >= 4 is 11.9 Å². The Hall–Kier alpha value is -1.54. The molecule has 0 spiro atoms. The van der Waals surface area contributed by atoms with Crippen molar-refractivity contribution < 1.29 is 14.7 Å². The Bertz CT molecular complexity index is 294. The van der Waals surface area contributed by atoms with Crippen LogP contribution >= 0.6 is 0 Å². The number of nitrogens with one attached hydrogen (secondary N) is 1. The van der Waals surface area contributed by atoms with Crippen LogP contribution in [0.15, 0.2) is 0 Å². The summed E-state index contributed by atoms with van der Waals surface area (Å²) in [7, 11) is 0. The molecule has 0 aliphatic rings. The number of terminal acetylenes is 1. The molecule has 0 aromatic rings. The van der Waals surface area contributed by atoms with Gasteiger partial charge in [-0.3, -0.25) is 4.79 Å². The highest BCUT2D eigenvalue weighted by molar-refractivity contribution is 5.84. The van der Waals surface area contributed by atoms with Gasteiger partial charge >= 0.3 is 5.97 Å². The van der Waals surface area contributed by atoms with Crippen LogP contribution in [-0.2, 0) is 9.59 Å². The number of carbonyl (C=O) groups excluding carboxylic acids is 1. The van der Waals surface area contributed by atoms with Crippen molar-refractivity contribution in [2.24, 2.45) is 11.7 Å². The van der Waals surface area contributed by atoms with Gasteiger partial charge in [-0.25, -0.2) is 4.79 Å². The summed E-state index contributed by atoms with van der Waals surface area (Å²) >= 11 is 0. The van der Waals surface area contributed by atoms with E-state index in [9.17, 15) is 9.59 Å². The van der Waals surface area contributed by atoms with Gasteiger partial charge in [0.25, 0.3) is 0 Å². The molecule has 0 aliphatic heterocycles. The monoisotopic (exact) mass is 226 g/mol. The highest BCUT2D eigenvalue weighted by atomic mass is 16.4. The SMILES string of the molecule is C#CCC(NC(=O)CC(N)C(C)C)C(=O)O. The van der Waals surface area contributed by atoms with Crippen molar-refractivity contribution in [3.63, 3.8) is 0 Å². The van der Waals surface area contributed by atoms with Gasteiger partial charge in [0.2, 0.25) is 5.91 Å². The van der Waals surface area contributed by atoms with Crippen molar-refractivity contribution in [2.75, 3.05) is 0 Å². The van der Waals surface area contributed by atoms with Crippen LogP contribution in [-0.4, -0.2) is 29.1 Å². The lowest BCUT2D eigenvalue weighted by Crippen LogP contribution is -2.43. The van der Waals surface area contributed by atoms with Crippen LogP contribution in [0.1, 0.15) is 26.7 Å². The number of hydrogen-bond acceptors (Lipinski definition) is 3. The smallest absolute Gasteiger partial charge is 0.327 e. The molecule has 0 aromatic carbocycles. The molecule has 0 aliphatic carbocycles. The Morgan fingerprint density at radius 3 is 2.44 bits per heavy atom. The number of carbonyl (C=O) groups is 2. The Morgan fingerprint density at radius 2 is 2.06 bits per heavy atom. The fourth-order valence-electron chi connectivity index (χ4n) is 1.02. The Morgan fingerprint density at radius 1 is 1.50 bits per heavy atom. The standard InChI is InChI=1S/C11H18N2O3/c1-4-5-9(11(15)16)13-10(14)6-8(12)7(2)3/h1,7-9H,5-6,12H2,2-3H3,(H,13,14)(H,15,16). The molecule has 0 saturated carbocycles. The van der Waals surface area contributed by atoms with E-state index in [-0.39, 0.29) is 30.7 Å². The third kappa shape index (κ3) is 5.37. The highest BCUT2D eigenvalue weighted by Crippen LogP contribution is 2.03. The van der Waals surface area contributed by atoms with Crippen LogP contribution in [0.3, 0.4) is 0 Å². The Balaban J connectivity index is 4.21. The molecule has 5 nitrogen and oxygen atoms in total. The summed E-state index contributed by atoms with van der Waals surface area (Å²) in [6.07, 6.45) is 5.08. The van der Waals surface area contributed by atoms with E-state index in [0.717, 1.165) is 0 Å². The van der Waals surface area contributed by atoms with Crippen LogP contribution in [0.2, 0.25) is 0 Å². The van der Waals surface area contributed by atoms with Crippen molar-refractivity contribution in [3.05, 3.63) is 0 Å². The van der Waals surface area contributed by atoms with Crippen LogP contribution in [0.25, 0.3) is 0 Å². The predicted molar refractivity (Wildman–Crippen MR) is 60.4 cm³/mol. The molecule has 16 heavy (non-hydrogen) atoms. The third-order valence-corrected chi connectivity index (χ3v) is 2.23. The van der Waals surface area contributed by atoms with Crippen molar-refractivity contribution in [1.29, 1.82) is 0 Å². The molecule has 0 bridgehead atoms. The maximum atomic E-state index is 11.4. The largest absolute Gasteiger partial charge is 0.480 e. The quantitative estimate of drug-likeness (QED) is 0.554. The highest BCUT2D eigenvalue weighted by Gasteiger charge is 2.20. The van der Waals surface area contributed by atoms with E-state index < -0.39 is 12.0 Å². The molecule has 0 radical (unpaired) electrons. The second-order valence-electron chi connectivity index (χ2n) is 3.98. The minimum atomic E-state index is -1.13. The molecule has 0 heterocycles. The summed E-state index contributed by atoms with van der Waals surface area (Å²) in [5.74, 6) is 0.852. The maximum Gasteiger partial charge on any atom is 0.327 e. The molecule has 0 aromatic heterocycles. The van der Waals surface area contributed by atoms with Crippen LogP contribution in [0, 0.1) is 18.3 Å². The number of rotatable bonds is 6. The molecule has 0 fully saturated rings.